The second-order valence-electron chi connectivity index (χ2n) is 4.52. The molecule has 2 aliphatic rings. The molecule has 2 radical (unpaired) electrons. The van der Waals surface area contributed by atoms with Crippen molar-refractivity contribution in [3.05, 3.63) is 30.4 Å². The summed E-state index contributed by atoms with van der Waals surface area (Å²) in [5, 5.41) is 8.85. The molecule has 0 spiro atoms. The van der Waals surface area contributed by atoms with Crippen LogP contribution in [0, 0.1) is 3.57 Å². The average Bonchev–Trinajstić information content (AvgIpc) is 2.79. The summed E-state index contributed by atoms with van der Waals surface area (Å²) < 4.78 is 2.70. The van der Waals surface area contributed by atoms with Gasteiger partial charge in [0.05, 0.1) is 0 Å². The van der Waals surface area contributed by atoms with Gasteiger partial charge in [0.25, 0.3) is 0 Å². The summed E-state index contributed by atoms with van der Waals surface area (Å²) in [5.74, 6) is -0.436. The fourth-order valence-electron chi connectivity index (χ4n) is 2.59. The molecule has 2 N–H and O–H groups in total. The van der Waals surface area contributed by atoms with E-state index in [4.69, 9.17) is 13.1 Å². The summed E-state index contributed by atoms with van der Waals surface area (Å²) in [7, 11) is 6.04. The van der Waals surface area contributed by atoms with Crippen LogP contribution in [0.5, 0.6) is 0 Å². The summed E-state index contributed by atoms with van der Waals surface area (Å²) in [5.41, 5.74) is 5.44. The zero-order valence-electron chi connectivity index (χ0n) is 9.79. The molecule has 0 fully saturated rings. The van der Waals surface area contributed by atoms with E-state index in [-0.39, 0.29) is 21.2 Å². The van der Waals surface area contributed by atoms with Crippen LogP contribution in [0.2, 0.25) is 0 Å². The minimum atomic E-state index is -0.436. The Hall–Kier alpha value is -0.815. The standard InChI is InChI=1S/C13H12BINO2/c14-9-6-5-8(13(17)16-18)11-7-3-1-2-4-10(7)15-12(9)11/h5-6,18H,1-4H2,(H,16,17)/q-1. The van der Waals surface area contributed by atoms with Crippen LogP contribution in [0.1, 0.15) is 41.6 Å². The summed E-state index contributed by atoms with van der Waals surface area (Å²) in [6.45, 7) is 0. The van der Waals surface area contributed by atoms with E-state index in [9.17, 15) is 4.79 Å². The maximum atomic E-state index is 11.7. The van der Waals surface area contributed by atoms with Crippen LogP contribution in [-0.2, 0) is 0 Å². The number of carbonyl (C=O) groups is 1. The van der Waals surface area contributed by atoms with Gasteiger partial charge in [-0.2, -0.15) is 0 Å². The van der Waals surface area contributed by atoms with Crippen molar-refractivity contribution >= 4 is 24.8 Å². The first-order valence-electron chi connectivity index (χ1n) is 5.96. The first-order chi connectivity index (χ1) is 8.72. The number of carbonyl (C=O) groups excluding carboxylic acids is 1. The zero-order chi connectivity index (χ0) is 12.7. The SMILES string of the molecule is [B]c1ccc(C(=O)NO)c2c1[I-]C1=C2CCCC1. The molecular formula is C13H12BINO2-. The Morgan fingerprint density at radius 3 is 2.89 bits per heavy atom. The van der Waals surface area contributed by atoms with Gasteiger partial charge in [0.15, 0.2) is 0 Å². The molecule has 0 unspecified atom stereocenters. The van der Waals surface area contributed by atoms with Crippen LogP contribution >= 0.6 is 0 Å². The third-order valence-corrected chi connectivity index (χ3v) is 6.97. The second-order valence-corrected chi connectivity index (χ2v) is 7.44. The van der Waals surface area contributed by atoms with Gasteiger partial charge in [-0.15, -0.1) is 0 Å². The zero-order valence-corrected chi connectivity index (χ0v) is 12.0. The molecule has 1 aromatic carbocycles. The van der Waals surface area contributed by atoms with E-state index in [0.29, 0.717) is 5.56 Å². The minimum absolute atomic E-state index is 0.215. The maximum absolute atomic E-state index is 11.7. The second kappa shape index (κ2) is 4.70. The van der Waals surface area contributed by atoms with Crippen LogP contribution < -0.4 is 32.1 Å². The van der Waals surface area contributed by atoms with Crippen molar-refractivity contribution in [2.45, 2.75) is 25.7 Å². The molecule has 0 saturated carbocycles. The quantitative estimate of drug-likeness (QED) is 0.270. The Morgan fingerprint density at radius 2 is 2.11 bits per heavy atom. The van der Waals surface area contributed by atoms with Crippen LogP contribution in [-0.4, -0.2) is 19.0 Å². The van der Waals surface area contributed by atoms with Crippen molar-refractivity contribution in [1.82, 2.24) is 5.48 Å². The van der Waals surface area contributed by atoms with Crippen molar-refractivity contribution in [3.63, 3.8) is 0 Å². The van der Waals surface area contributed by atoms with Crippen LogP contribution in [0.15, 0.2) is 15.7 Å². The van der Waals surface area contributed by atoms with Crippen LogP contribution in [0.25, 0.3) is 5.57 Å². The van der Waals surface area contributed by atoms with Gasteiger partial charge in [0, 0.05) is 0 Å². The number of fused-ring (bicyclic) bond motifs is 2. The molecular weight excluding hydrogens is 340 g/mol. The van der Waals surface area contributed by atoms with Gasteiger partial charge < -0.3 is 0 Å². The number of allylic oxidation sites excluding steroid dienone is 2. The molecule has 1 aliphatic carbocycles. The van der Waals surface area contributed by atoms with E-state index in [1.54, 1.807) is 17.6 Å². The molecule has 92 valence electrons. The molecule has 1 aliphatic heterocycles. The molecule has 0 saturated heterocycles. The predicted molar refractivity (Wildman–Crippen MR) is 65.2 cm³/mol. The third-order valence-electron chi connectivity index (χ3n) is 3.43. The van der Waals surface area contributed by atoms with E-state index in [1.165, 1.54) is 25.6 Å². The molecule has 0 aromatic heterocycles. The Bertz CT molecular complexity index is 568. The molecule has 1 heterocycles. The summed E-state index contributed by atoms with van der Waals surface area (Å²) in [6.07, 6.45) is 4.61. The Balaban J connectivity index is 2.19. The molecule has 5 heteroatoms. The normalized spacial score (nSPS) is 17.8. The number of halogens is 1. The molecule has 3 rings (SSSR count). The molecule has 3 nitrogen and oxygen atoms in total. The first-order valence-corrected chi connectivity index (χ1v) is 8.12. The van der Waals surface area contributed by atoms with Gasteiger partial charge in [-0.05, 0) is 0 Å². The molecule has 1 aromatic rings. The van der Waals surface area contributed by atoms with E-state index < -0.39 is 5.91 Å². The fourth-order valence-corrected chi connectivity index (χ4v) is 6.13. The number of benzene rings is 1. The Kier molecular flexibility index (Phi) is 3.19. The van der Waals surface area contributed by atoms with Gasteiger partial charge in [-0.1, -0.05) is 0 Å². The fraction of sp³-hybridized carbons (Fsp3) is 0.308. The number of amides is 1. The van der Waals surface area contributed by atoms with Crippen molar-refractivity contribution in [2.75, 3.05) is 0 Å². The number of hydroxylamine groups is 1. The van der Waals surface area contributed by atoms with E-state index in [0.717, 1.165) is 23.9 Å². The van der Waals surface area contributed by atoms with Crippen molar-refractivity contribution in [3.8, 4) is 0 Å². The molecule has 1 amide bonds. The summed E-state index contributed by atoms with van der Waals surface area (Å²) in [4.78, 5) is 11.7. The van der Waals surface area contributed by atoms with Crippen LogP contribution in [0.3, 0.4) is 0 Å². The van der Waals surface area contributed by atoms with Crippen molar-refractivity contribution < 1.29 is 31.2 Å². The Morgan fingerprint density at radius 1 is 1.33 bits per heavy atom. The van der Waals surface area contributed by atoms with Gasteiger partial charge in [-0.3, -0.25) is 0 Å². The molecule has 18 heavy (non-hydrogen) atoms. The predicted octanol–water partition coefficient (Wildman–Crippen LogP) is -1.84. The van der Waals surface area contributed by atoms with Crippen molar-refractivity contribution in [2.24, 2.45) is 0 Å². The number of hydrogen-bond donors (Lipinski definition) is 2. The van der Waals surface area contributed by atoms with Gasteiger partial charge >= 0.3 is 118 Å². The van der Waals surface area contributed by atoms with Crippen LogP contribution in [0.4, 0.5) is 0 Å². The molecule has 0 atom stereocenters. The molecule has 0 bridgehead atoms. The topological polar surface area (TPSA) is 49.3 Å². The van der Waals surface area contributed by atoms with E-state index >= 15 is 0 Å². The first kappa shape index (κ1) is 12.2. The average molecular weight is 352 g/mol. The monoisotopic (exact) mass is 352 g/mol. The summed E-state index contributed by atoms with van der Waals surface area (Å²) >= 11 is -0.215. The number of nitrogens with one attached hydrogen (secondary N) is 1. The Labute approximate surface area is 117 Å². The van der Waals surface area contributed by atoms with Crippen molar-refractivity contribution in [1.29, 1.82) is 0 Å². The van der Waals surface area contributed by atoms with Gasteiger partial charge in [0.2, 0.25) is 0 Å². The third kappa shape index (κ3) is 1.80. The van der Waals surface area contributed by atoms with Gasteiger partial charge in [0.1, 0.15) is 0 Å². The number of hydrogen-bond acceptors (Lipinski definition) is 2. The van der Waals surface area contributed by atoms with E-state index in [1.807, 2.05) is 0 Å². The number of rotatable bonds is 1. The summed E-state index contributed by atoms with van der Waals surface area (Å²) in [6, 6.07) is 3.50. The van der Waals surface area contributed by atoms with E-state index in [2.05, 4.69) is 0 Å². The van der Waals surface area contributed by atoms with Gasteiger partial charge in [-0.25, -0.2) is 0 Å².